The molecule has 0 saturated carbocycles. The van der Waals surface area contributed by atoms with Crippen LogP contribution in [0.2, 0.25) is 0 Å². The van der Waals surface area contributed by atoms with Crippen LogP contribution in [0, 0.1) is 6.92 Å². The summed E-state index contributed by atoms with van der Waals surface area (Å²) in [6, 6.07) is 18.3. The summed E-state index contributed by atoms with van der Waals surface area (Å²) in [6.45, 7) is 4.69. The first kappa shape index (κ1) is 23.0. The molecule has 4 rings (SSSR count). The van der Waals surface area contributed by atoms with Crippen LogP contribution in [0.15, 0.2) is 73.1 Å². The number of ether oxygens (including phenoxy) is 1. The number of benzene rings is 2. The van der Waals surface area contributed by atoms with Gasteiger partial charge in [0, 0.05) is 35.4 Å². The molecule has 0 fully saturated rings. The van der Waals surface area contributed by atoms with E-state index in [1.54, 1.807) is 23.0 Å². The minimum Gasteiger partial charge on any atom is -0.494 e. The van der Waals surface area contributed by atoms with Crippen molar-refractivity contribution in [1.82, 2.24) is 19.7 Å². The zero-order valence-electron chi connectivity index (χ0n) is 19.4. The predicted molar refractivity (Wildman–Crippen MR) is 133 cm³/mol. The molecule has 0 atom stereocenters. The Hall–Kier alpha value is -4.20. The molecule has 0 unspecified atom stereocenters. The highest BCUT2D eigenvalue weighted by atomic mass is 16.5. The first-order chi connectivity index (χ1) is 16.6. The van der Waals surface area contributed by atoms with Gasteiger partial charge in [0.2, 0.25) is 0 Å². The standard InChI is InChI=1S/C26H28N6O2/c1-3-4-5-17-34-23-13-7-20(8-14-23)26(33)31-22-11-9-21(10-12-22)30-24-18-25(29-19(2)28-24)32-16-6-15-27-32/h6-16,18H,3-5,17H2,1-2H3,(H,31,33)(H,28,29,30). The lowest BCUT2D eigenvalue weighted by Gasteiger charge is -2.10. The second-order valence-electron chi connectivity index (χ2n) is 7.85. The average molecular weight is 457 g/mol. The van der Waals surface area contributed by atoms with E-state index in [0.29, 0.717) is 35.3 Å². The summed E-state index contributed by atoms with van der Waals surface area (Å²) < 4.78 is 7.39. The Morgan fingerprint density at radius 1 is 1.00 bits per heavy atom. The lowest BCUT2D eigenvalue weighted by atomic mass is 10.2. The molecule has 1 amide bonds. The number of carbonyl (C=O) groups is 1. The number of unbranched alkanes of at least 4 members (excludes halogenated alkanes) is 2. The Balaban J connectivity index is 1.34. The summed E-state index contributed by atoms with van der Waals surface area (Å²) in [5, 5.41) is 10.4. The van der Waals surface area contributed by atoms with E-state index < -0.39 is 0 Å². The summed E-state index contributed by atoms with van der Waals surface area (Å²) >= 11 is 0. The van der Waals surface area contributed by atoms with Crippen LogP contribution in [0.5, 0.6) is 5.75 Å². The zero-order valence-corrected chi connectivity index (χ0v) is 19.4. The van der Waals surface area contributed by atoms with Crippen molar-refractivity contribution < 1.29 is 9.53 Å². The van der Waals surface area contributed by atoms with Gasteiger partial charge < -0.3 is 15.4 Å². The predicted octanol–water partition coefficient (Wildman–Crippen LogP) is 5.54. The molecule has 2 aromatic carbocycles. The zero-order chi connectivity index (χ0) is 23.8. The van der Waals surface area contributed by atoms with Gasteiger partial charge in [-0.05, 0) is 67.9 Å². The van der Waals surface area contributed by atoms with Crippen LogP contribution in [0.25, 0.3) is 5.82 Å². The number of anilines is 3. The van der Waals surface area contributed by atoms with Gasteiger partial charge in [0.05, 0.1) is 6.61 Å². The van der Waals surface area contributed by atoms with Crippen LogP contribution < -0.4 is 15.4 Å². The van der Waals surface area contributed by atoms with Gasteiger partial charge in [0.1, 0.15) is 17.4 Å². The first-order valence-corrected chi connectivity index (χ1v) is 11.4. The van der Waals surface area contributed by atoms with Crippen molar-refractivity contribution in [3.8, 4) is 11.6 Å². The number of carbonyl (C=O) groups excluding carboxylic acids is 1. The number of amides is 1. The van der Waals surface area contributed by atoms with Crippen LogP contribution in [0.1, 0.15) is 42.4 Å². The Labute approximate surface area is 199 Å². The maximum atomic E-state index is 12.6. The van der Waals surface area contributed by atoms with Crippen molar-refractivity contribution >= 4 is 23.1 Å². The molecule has 174 valence electrons. The molecule has 0 bridgehead atoms. The normalized spacial score (nSPS) is 10.6. The second-order valence-corrected chi connectivity index (χ2v) is 7.85. The summed E-state index contributed by atoms with van der Waals surface area (Å²) in [6.07, 6.45) is 6.88. The summed E-state index contributed by atoms with van der Waals surface area (Å²) in [7, 11) is 0. The molecule has 8 heteroatoms. The van der Waals surface area contributed by atoms with E-state index in [4.69, 9.17) is 4.74 Å². The van der Waals surface area contributed by atoms with Gasteiger partial charge in [-0.1, -0.05) is 19.8 Å². The van der Waals surface area contributed by atoms with E-state index in [1.807, 2.05) is 61.7 Å². The van der Waals surface area contributed by atoms with Crippen molar-refractivity contribution in [3.63, 3.8) is 0 Å². The molecule has 2 N–H and O–H groups in total. The highest BCUT2D eigenvalue weighted by Gasteiger charge is 2.08. The minimum atomic E-state index is -0.173. The third-order valence-electron chi connectivity index (χ3n) is 5.11. The van der Waals surface area contributed by atoms with Crippen molar-refractivity contribution in [2.24, 2.45) is 0 Å². The molecule has 2 heterocycles. The Morgan fingerprint density at radius 3 is 2.47 bits per heavy atom. The largest absolute Gasteiger partial charge is 0.494 e. The lowest BCUT2D eigenvalue weighted by molar-refractivity contribution is 0.102. The van der Waals surface area contributed by atoms with Gasteiger partial charge in [0.15, 0.2) is 5.82 Å². The van der Waals surface area contributed by atoms with Crippen LogP contribution in [-0.2, 0) is 0 Å². The Kier molecular flexibility index (Phi) is 7.49. The maximum absolute atomic E-state index is 12.6. The van der Waals surface area contributed by atoms with Crippen LogP contribution in [0.4, 0.5) is 17.2 Å². The van der Waals surface area contributed by atoms with Crippen molar-refractivity contribution in [2.75, 3.05) is 17.2 Å². The van der Waals surface area contributed by atoms with E-state index in [1.165, 1.54) is 0 Å². The van der Waals surface area contributed by atoms with Gasteiger partial charge in [-0.3, -0.25) is 4.79 Å². The molecule has 0 aliphatic heterocycles. The Bertz CT molecular complexity index is 1210. The van der Waals surface area contributed by atoms with Crippen LogP contribution >= 0.6 is 0 Å². The van der Waals surface area contributed by atoms with Gasteiger partial charge >= 0.3 is 0 Å². The lowest BCUT2D eigenvalue weighted by Crippen LogP contribution is -2.11. The highest BCUT2D eigenvalue weighted by Crippen LogP contribution is 2.20. The van der Waals surface area contributed by atoms with Crippen molar-refractivity contribution in [1.29, 1.82) is 0 Å². The van der Waals surface area contributed by atoms with Gasteiger partial charge in [-0.25, -0.2) is 14.6 Å². The molecule has 0 aliphatic carbocycles. The number of nitrogens with zero attached hydrogens (tertiary/aromatic N) is 4. The number of aryl methyl sites for hydroxylation is 1. The van der Waals surface area contributed by atoms with Crippen LogP contribution in [-0.4, -0.2) is 32.3 Å². The number of hydrogen-bond donors (Lipinski definition) is 2. The SMILES string of the molecule is CCCCCOc1ccc(C(=O)Nc2ccc(Nc3cc(-n4cccn4)nc(C)n3)cc2)cc1. The molecule has 0 saturated heterocycles. The molecule has 0 spiro atoms. The first-order valence-electron chi connectivity index (χ1n) is 11.4. The quantitative estimate of drug-likeness (QED) is 0.305. The molecular formula is C26H28N6O2. The van der Waals surface area contributed by atoms with Gasteiger partial charge in [-0.15, -0.1) is 0 Å². The summed E-state index contributed by atoms with van der Waals surface area (Å²) in [4.78, 5) is 21.5. The number of nitrogens with one attached hydrogen (secondary N) is 2. The molecule has 8 nitrogen and oxygen atoms in total. The topological polar surface area (TPSA) is 94.0 Å². The van der Waals surface area contributed by atoms with E-state index in [0.717, 1.165) is 30.7 Å². The maximum Gasteiger partial charge on any atom is 0.255 e. The van der Waals surface area contributed by atoms with Gasteiger partial charge in [-0.2, -0.15) is 5.10 Å². The smallest absolute Gasteiger partial charge is 0.255 e. The van der Waals surface area contributed by atoms with E-state index >= 15 is 0 Å². The number of aromatic nitrogens is 4. The number of rotatable bonds is 10. The number of hydrogen-bond acceptors (Lipinski definition) is 6. The fourth-order valence-corrected chi connectivity index (χ4v) is 3.37. The minimum absolute atomic E-state index is 0.173. The molecule has 4 aromatic rings. The molecule has 0 aliphatic rings. The highest BCUT2D eigenvalue weighted by molar-refractivity contribution is 6.04. The fraction of sp³-hybridized carbons (Fsp3) is 0.231. The molecule has 34 heavy (non-hydrogen) atoms. The second kappa shape index (κ2) is 11.1. The molecular weight excluding hydrogens is 428 g/mol. The van der Waals surface area contributed by atoms with Gasteiger partial charge in [0.25, 0.3) is 5.91 Å². The Morgan fingerprint density at radius 2 is 1.76 bits per heavy atom. The van der Waals surface area contributed by atoms with E-state index in [2.05, 4.69) is 32.6 Å². The molecule has 2 aromatic heterocycles. The van der Waals surface area contributed by atoms with E-state index in [9.17, 15) is 4.79 Å². The van der Waals surface area contributed by atoms with E-state index in [-0.39, 0.29) is 5.91 Å². The van der Waals surface area contributed by atoms with Crippen LogP contribution in [0.3, 0.4) is 0 Å². The summed E-state index contributed by atoms with van der Waals surface area (Å²) in [5.41, 5.74) is 2.12. The van der Waals surface area contributed by atoms with Crippen molar-refractivity contribution in [2.45, 2.75) is 33.1 Å². The third-order valence-corrected chi connectivity index (χ3v) is 5.11. The average Bonchev–Trinajstić information content (AvgIpc) is 3.38. The van der Waals surface area contributed by atoms with Crippen molar-refractivity contribution in [3.05, 3.63) is 84.4 Å². The third kappa shape index (κ3) is 6.19. The summed E-state index contributed by atoms with van der Waals surface area (Å²) in [5.74, 6) is 2.58. The fourth-order valence-electron chi connectivity index (χ4n) is 3.37. The molecule has 0 radical (unpaired) electrons. The monoisotopic (exact) mass is 456 g/mol.